The number of rotatable bonds is 5. The summed E-state index contributed by atoms with van der Waals surface area (Å²) in [4.78, 5) is 6.98. The fourth-order valence-corrected chi connectivity index (χ4v) is 3.07. The van der Waals surface area contributed by atoms with Crippen molar-refractivity contribution in [2.45, 2.75) is 46.1 Å². The molecule has 0 bridgehead atoms. The molecule has 0 atom stereocenters. The highest BCUT2D eigenvalue weighted by Crippen LogP contribution is 2.28. The zero-order valence-corrected chi connectivity index (χ0v) is 12.6. The van der Waals surface area contributed by atoms with Crippen LogP contribution < -0.4 is 10.2 Å². The minimum absolute atomic E-state index is 0.900. The van der Waals surface area contributed by atoms with Gasteiger partial charge in [0, 0.05) is 42.8 Å². The Bertz CT molecular complexity index is 395. The van der Waals surface area contributed by atoms with Crippen molar-refractivity contribution in [3.63, 3.8) is 0 Å². The number of piperidine rings is 1. The van der Waals surface area contributed by atoms with Crippen LogP contribution in [0.4, 0.5) is 5.69 Å². The number of hydrogen-bond acceptors (Lipinski definition) is 3. The summed E-state index contributed by atoms with van der Waals surface area (Å²) >= 11 is 0. The van der Waals surface area contributed by atoms with E-state index < -0.39 is 0 Å². The normalized spacial score (nSPS) is 16.9. The van der Waals surface area contributed by atoms with Gasteiger partial charge in [-0.05, 0) is 38.8 Å². The first kappa shape index (κ1) is 14.3. The molecule has 0 aliphatic carbocycles. The van der Waals surface area contributed by atoms with Crippen LogP contribution in [0.2, 0.25) is 0 Å². The van der Waals surface area contributed by atoms with Gasteiger partial charge in [-0.2, -0.15) is 0 Å². The topological polar surface area (TPSA) is 28.2 Å². The van der Waals surface area contributed by atoms with Crippen LogP contribution in [-0.4, -0.2) is 25.1 Å². The van der Waals surface area contributed by atoms with Gasteiger partial charge in [-0.25, -0.2) is 0 Å². The smallest absolute Gasteiger partial charge is 0.0445 e. The van der Waals surface area contributed by atoms with Gasteiger partial charge in [0.05, 0.1) is 0 Å². The molecule has 1 aromatic rings. The minimum atomic E-state index is 0.900. The zero-order valence-electron chi connectivity index (χ0n) is 12.6. The molecule has 0 unspecified atom stereocenters. The molecule has 106 valence electrons. The molecule has 0 amide bonds. The number of pyridine rings is 1. The number of hydrogen-bond donors (Lipinski definition) is 1. The van der Waals surface area contributed by atoms with E-state index in [0.717, 1.165) is 18.2 Å². The first-order valence-corrected chi connectivity index (χ1v) is 7.59. The molecule has 1 aliphatic heterocycles. The maximum Gasteiger partial charge on any atom is 0.0445 e. The average molecular weight is 261 g/mol. The lowest BCUT2D eigenvalue weighted by Crippen LogP contribution is -2.34. The summed E-state index contributed by atoms with van der Waals surface area (Å²) in [7, 11) is 2.00. The SMILES string of the molecule is CCCC1CCN(c2cc(C)ncc2CNC)CC1. The van der Waals surface area contributed by atoms with Crippen molar-refractivity contribution >= 4 is 5.69 Å². The van der Waals surface area contributed by atoms with E-state index in [2.05, 4.69) is 35.1 Å². The van der Waals surface area contributed by atoms with Gasteiger partial charge in [0.1, 0.15) is 0 Å². The predicted molar refractivity (Wildman–Crippen MR) is 81.6 cm³/mol. The van der Waals surface area contributed by atoms with Crippen LogP contribution in [-0.2, 0) is 6.54 Å². The van der Waals surface area contributed by atoms with Gasteiger partial charge in [0.15, 0.2) is 0 Å². The molecule has 0 radical (unpaired) electrons. The molecular weight excluding hydrogens is 234 g/mol. The van der Waals surface area contributed by atoms with Crippen LogP contribution in [0.5, 0.6) is 0 Å². The Labute approximate surface area is 117 Å². The van der Waals surface area contributed by atoms with Crippen molar-refractivity contribution in [3.8, 4) is 0 Å². The second-order valence-electron chi connectivity index (χ2n) is 5.70. The molecule has 3 nitrogen and oxygen atoms in total. The van der Waals surface area contributed by atoms with Crippen molar-refractivity contribution in [3.05, 3.63) is 23.5 Å². The fraction of sp³-hybridized carbons (Fsp3) is 0.688. The van der Waals surface area contributed by atoms with Gasteiger partial charge < -0.3 is 10.2 Å². The highest BCUT2D eigenvalue weighted by molar-refractivity contribution is 5.54. The summed E-state index contributed by atoms with van der Waals surface area (Å²) in [6.07, 6.45) is 7.43. The van der Waals surface area contributed by atoms with Gasteiger partial charge in [-0.15, -0.1) is 0 Å². The van der Waals surface area contributed by atoms with E-state index in [1.807, 2.05) is 13.2 Å². The van der Waals surface area contributed by atoms with Crippen LogP contribution in [0.3, 0.4) is 0 Å². The molecular formula is C16H27N3. The van der Waals surface area contributed by atoms with Gasteiger partial charge in [0.25, 0.3) is 0 Å². The Hall–Kier alpha value is -1.09. The summed E-state index contributed by atoms with van der Waals surface area (Å²) in [5.74, 6) is 0.942. The summed E-state index contributed by atoms with van der Waals surface area (Å²) in [5, 5.41) is 3.25. The Kier molecular flexibility index (Phi) is 5.20. The number of nitrogens with one attached hydrogen (secondary N) is 1. The zero-order chi connectivity index (χ0) is 13.7. The molecule has 0 spiro atoms. The molecule has 1 aromatic heterocycles. The molecule has 19 heavy (non-hydrogen) atoms. The van der Waals surface area contributed by atoms with Crippen molar-refractivity contribution in [2.24, 2.45) is 5.92 Å². The van der Waals surface area contributed by atoms with Crippen LogP contribution in [0, 0.1) is 12.8 Å². The number of nitrogens with zero attached hydrogens (tertiary/aromatic N) is 2. The third-order valence-electron chi connectivity index (χ3n) is 4.12. The maximum absolute atomic E-state index is 4.43. The van der Waals surface area contributed by atoms with Crippen LogP contribution in [0.15, 0.2) is 12.3 Å². The van der Waals surface area contributed by atoms with Crippen LogP contribution in [0.25, 0.3) is 0 Å². The first-order chi connectivity index (χ1) is 9.24. The Balaban J connectivity index is 2.07. The Morgan fingerprint density at radius 2 is 2.11 bits per heavy atom. The number of aryl methyl sites for hydroxylation is 1. The molecule has 1 N–H and O–H groups in total. The van der Waals surface area contributed by atoms with E-state index >= 15 is 0 Å². The van der Waals surface area contributed by atoms with Crippen molar-refractivity contribution in [1.29, 1.82) is 0 Å². The lowest BCUT2D eigenvalue weighted by molar-refractivity contribution is 0.378. The minimum Gasteiger partial charge on any atom is -0.371 e. The molecule has 2 heterocycles. The van der Waals surface area contributed by atoms with Gasteiger partial charge in [-0.1, -0.05) is 19.8 Å². The summed E-state index contributed by atoms with van der Waals surface area (Å²) in [6, 6.07) is 2.24. The van der Waals surface area contributed by atoms with Crippen LogP contribution in [0.1, 0.15) is 43.9 Å². The molecule has 1 aliphatic rings. The molecule has 2 rings (SSSR count). The standard InChI is InChI=1S/C16H27N3/c1-4-5-14-6-8-19(9-7-14)16-10-13(2)18-12-15(16)11-17-3/h10,12,14,17H,4-9,11H2,1-3H3. The van der Waals surface area contributed by atoms with Gasteiger partial charge in [0.2, 0.25) is 0 Å². The average Bonchev–Trinajstić information content (AvgIpc) is 2.42. The first-order valence-electron chi connectivity index (χ1n) is 7.59. The fourth-order valence-electron chi connectivity index (χ4n) is 3.07. The van der Waals surface area contributed by atoms with Crippen LogP contribution >= 0.6 is 0 Å². The Morgan fingerprint density at radius 3 is 2.74 bits per heavy atom. The monoisotopic (exact) mass is 261 g/mol. The largest absolute Gasteiger partial charge is 0.371 e. The second-order valence-corrected chi connectivity index (χ2v) is 5.70. The van der Waals surface area contributed by atoms with Crippen molar-refractivity contribution in [1.82, 2.24) is 10.3 Å². The van der Waals surface area contributed by atoms with E-state index in [4.69, 9.17) is 0 Å². The van der Waals surface area contributed by atoms with E-state index in [1.54, 1.807) is 0 Å². The summed E-state index contributed by atoms with van der Waals surface area (Å²) in [6.45, 7) is 7.67. The molecule has 0 saturated carbocycles. The van der Waals surface area contributed by atoms with E-state index in [1.165, 1.54) is 50.0 Å². The maximum atomic E-state index is 4.43. The lowest BCUT2D eigenvalue weighted by atomic mass is 9.92. The highest BCUT2D eigenvalue weighted by atomic mass is 15.1. The van der Waals surface area contributed by atoms with E-state index in [9.17, 15) is 0 Å². The molecule has 3 heteroatoms. The second kappa shape index (κ2) is 6.90. The molecule has 1 saturated heterocycles. The van der Waals surface area contributed by atoms with Crippen molar-refractivity contribution in [2.75, 3.05) is 25.0 Å². The Morgan fingerprint density at radius 1 is 1.37 bits per heavy atom. The third kappa shape index (κ3) is 3.69. The summed E-state index contributed by atoms with van der Waals surface area (Å²) in [5.41, 5.74) is 3.82. The third-order valence-corrected chi connectivity index (χ3v) is 4.12. The van der Waals surface area contributed by atoms with E-state index in [-0.39, 0.29) is 0 Å². The number of anilines is 1. The highest BCUT2D eigenvalue weighted by Gasteiger charge is 2.20. The number of aromatic nitrogens is 1. The summed E-state index contributed by atoms with van der Waals surface area (Å²) < 4.78 is 0. The van der Waals surface area contributed by atoms with E-state index in [0.29, 0.717) is 0 Å². The lowest BCUT2D eigenvalue weighted by Gasteiger charge is -2.34. The van der Waals surface area contributed by atoms with Crippen molar-refractivity contribution < 1.29 is 0 Å². The quantitative estimate of drug-likeness (QED) is 0.882. The predicted octanol–water partition coefficient (Wildman–Crippen LogP) is 3.13. The molecule has 1 fully saturated rings. The van der Waals surface area contributed by atoms with Gasteiger partial charge >= 0.3 is 0 Å². The van der Waals surface area contributed by atoms with Gasteiger partial charge in [-0.3, -0.25) is 4.98 Å². The molecule has 0 aromatic carbocycles.